The zero-order valence-corrected chi connectivity index (χ0v) is 14.3. The van der Waals surface area contributed by atoms with E-state index in [9.17, 15) is 4.79 Å². The summed E-state index contributed by atoms with van der Waals surface area (Å²) in [6, 6.07) is 13.1. The topological polar surface area (TPSA) is 44.1 Å². The molecule has 2 aromatic carbocycles. The van der Waals surface area contributed by atoms with Gasteiger partial charge in [0, 0.05) is 6.54 Å². The number of benzene rings is 2. The molecular formula is C19H19ClN2O2. The molecule has 0 saturated carbocycles. The molecule has 0 aliphatic carbocycles. The third-order valence-corrected chi connectivity index (χ3v) is 4.17. The lowest BCUT2D eigenvalue weighted by atomic mass is 10.2. The number of ether oxygens (including phenoxy) is 1. The number of aryl methyl sites for hydroxylation is 2. The van der Waals surface area contributed by atoms with Gasteiger partial charge in [0.1, 0.15) is 5.75 Å². The molecule has 5 heteroatoms. The Kier molecular flexibility index (Phi) is 5.16. The fourth-order valence-corrected chi connectivity index (χ4v) is 2.84. The molecule has 3 aromatic rings. The van der Waals surface area contributed by atoms with Crippen LogP contribution in [0.4, 0.5) is 0 Å². The van der Waals surface area contributed by atoms with Gasteiger partial charge < -0.3 is 4.74 Å². The monoisotopic (exact) mass is 342 g/mol. The fraction of sp³-hybridized carbons (Fsp3) is 0.263. The third-order valence-electron chi connectivity index (χ3n) is 3.87. The number of hydrogen-bond acceptors (Lipinski definition) is 3. The average molecular weight is 343 g/mol. The van der Waals surface area contributed by atoms with E-state index >= 15 is 0 Å². The highest BCUT2D eigenvalue weighted by molar-refractivity contribution is 6.32. The number of hydrogen-bond donors (Lipinski definition) is 0. The molecule has 1 aromatic heterocycles. The molecule has 0 aliphatic heterocycles. The Hall–Kier alpha value is -2.33. The highest BCUT2D eigenvalue weighted by Gasteiger charge is 2.04. The highest BCUT2D eigenvalue weighted by Crippen LogP contribution is 2.25. The normalized spacial score (nSPS) is 10.9. The molecule has 0 N–H and O–H groups in total. The van der Waals surface area contributed by atoms with Gasteiger partial charge in [-0.15, -0.1) is 0 Å². The first kappa shape index (κ1) is 16.5. The maximum Gasteiger partial charge on any atom is 0.261 e. The smallest absolute Gasteiger partial charge is 0.261 e. The van der Waals surface area contributed by atoms with Crippen molar-refractivity contribution in [3.05, 3.63) is 69.7 Å². The van der Waals surface area contributed by atoms with Crippen LogP contribution < -0.4 is 10.3 Å². The van der Waals surface area contributed by atoms with Crippen molar-refractivity contribution in [2.24, 2.45) is 0 Å². The molecule has 0 aliphatic rings. The molecular weight excluding hydrogens is 324 g/mol. The number of halogens is 1. The Bertz CT molecular complexity index is 905. The van der Waals surface area contributed by atoms with Gasteiger partial charge in [0.25, 0.3) is 5.56 Å². The van der Waals surface area contributed by atoms with Gasteiger partial charge >= 0.3 is 0 Å². The first-order valence-electron chi connectivity index (χ1n) is 7.98. The predicted octanol–water partition coefficient (Wildman–Crippen LogP) is 4.22. The highest BCUT2D eigenvalue weighted by atomic mass is 35.5. The summed E-state index contributed by atoms with van der Waals surface area (Å²) in [6.45, 7) is 3.19. The Morgan fingerprint density at radius 2 is 2.00 bits per heavy atom. The number of rotatable bonds is 6. The second-order valence-corrected chi connectivity index (χ2v) is 6.16. The summed E-state index contributed by atoms with van der Waals surface area (Å²) in [6.07, 6.45) is 3.29. The van der Waals surface area contributed by atoms with Crippen molar-refractivity contribution in [2.75, 3.05) is 6.61 Å². The maximum absolute atomic E-state index is 12.4. The van der Waals surface area contributed by atoms with Gasteiger partial charge in [-0.3, -0.25) is 9.36 Å². The van der Waals surface area contributed by atoms with Crippen LogP contribution >= 0.6 is 11.6 Å². The van der Waals surface area contributed by atoms with Gasteiger partial charge in [0.2, 0.25) is 0 Å². The van der Waals surface area contributed by atoms with Crippen LogP contribution in [0.15, 0.2) is 53.6 Å². The van der Waals surface area contributed by atoms with Crippen molar-refractivity contribution in [2.45, 2.75) is 26.3 Å². The van der Waals surface area contributed by atoms with Gasteiger partial charge in [-0.05, 0) is 49.6 Å². The van der Waals surface area contributed by atoms with Crippen LogP contribution in [0, 0.1) is 6.92 Å². The number of aromatic nitrogens is 2. The molecule has 124 valence electrons. The summed E-state index contributed by atoms with van der Waals surface area (Å²) in [7, 11) is 0. The van der Waals surface area contributed by atoms with Crippen molar-refractivity contribution in [1.29, 1.82) is 0 Å². The summed E-state index contributed by atoms with van der Waals surface area (Å²) in [5, 5.41) is 1.28. The standard InChI is InChI=1S/C19H19ClN2O2/c1-14-8-9-18(16(20)12-14)24-11-5-4-10-22-13-21-17-7-3-2-6-15(17)19(22)23/h2-3,6-9,12-13H,4-5,10-11H2,1H3. The second-order valence-electron chi connectivity index (χ2n) is 5.75. The molecule has 0 bridgehead atoms. The van der Waals surface area contributed by atoms with Crippen LogP contribution in [0.5, 0.6) is 5.75 Å². The summed E-state index contributed by atoms with van der Waals surface area (Å²) in [5.74, 6) is 0.701. The Labute approximate surface area is 145 Å². The molecule has 0 unspecified atom stereocenters. The molecule has 0 spiro atoms. The van der Waals surface area contributed by atoms with Crippen molar-refractivity contribution in [3.8, 4) is 5.75 Å². The van der Waals surface area contributed by atoms with Crippen LogP contribution in [0.3, 0.4) is 0 Å². The first-order valence-corrected chi connectivity index (χ1v) is 8.36. The number of para-hydroxylation sites is 1. The molecule has 1 heterocycles. The summed E-state index contributed by atoms with van der Waals surface area (Å²) in [5.41, 5.74) is 1.84. The first-order chi connectivity index (χ1) is 11.6. The largest absolute Gasteiger partial charge is 0.492 e. The molecule has 0 saturated heterocycles. The van der Waals surface area contributed by atoms with E-state index in [2.05, 4.69) is 4.98 Å². The van der Waals surface area contributed by atoms with Gasteiger partial charge in [-0.25, -0.2) is 4.98 Å². The fourth-order valence-electron chi connectivity index (χ4n) is 2.55. The number of nitrogens with zero attached hydrogens (tertiary/aromatic N) is 2. The van der Waals surface area contributed by atoms with E-state index in [1.807, 2.05) is 49.4 Å². The van der Waals surface area contributed by atoms with Crippen molar-refractivity contribution in [3.63, 3.8) is 0 Å². The van der Waals surface area contributed by atoms with E-state index in [1.165, 1.54) is 0 Å². The van der Waals surface area contributed by atoms with Gasteiger partial charge in [-0.2, -0.15) is 0 Å². The second kappa shape index (κ2) is 7.49. The minimum absolute atomic E-state index is 0.00287. The molecule has 0 radical (unpaired) electrons. The molecule has 0 atom stereocenters. The molecule has 3 rings (SSSR count). The van der Waals surface area contributed by atoms with Crippen molar-refractivity contribution in [1.82, 2.24) is 9.55 Å². The van der Waals surface area contributed by atoms with Crippen LogP contribution in [0.25, 0.3) is 10.9 Å². The van der Waals surface area contributed by atoms with E-state index < -0.39 is 0 Å². The lowest BCUT2D eigenvalue weighted by Gasteiger charge is -2.09. The van der Waals surface area contributed by atoms with E-state index in [4.69, 9.17) is 16.3 Å². The summed E-state index contributed by atoms with van der Waals surface area (Å²) < 4.78 is 7.35. The van der Waals surface area contributed by atoms with Crippen LogP contribution in [-0.4, -0.2) is 16.2 Å². The van der Waals surface area contributed by atoms with Gasteiger partial charge in [0.05, 0.1) is 28.9 Å². The van der Waals surface area contributed by atoms with Gasteiger partial charge in [0.15, 0.2) is 0 Å². The van der Waals surface area contributed by atoms with E-state index in [-0.39, 0.29) is 5.56 Å². The zero-order chi connectivity index (χ0) is 16.9. The minimum Gasteiger partial charge on any atom is -0.492 e. The van der Waals surface area contributed by atoms with E-state index in [0.29, 0.717) is 29.3 Å². The molecule has 0 fully saturated rings. The maximum atomic E-state index is 12.4. The molecule has 24 heavy (non-hydrogen) atoms. The van der Waals surface area contributed by atoms with Crippen molar-refractivity contribution < 1.29 is 4.74 Å². The lowest BCUT2D eigenvalue weighted by Crippen LogP contribution is -2.20. The zero-order valence-electron chi connectivity index (χ0n) is 13.5. The van der Waals surface area contributed by atoms with Crippen molar-refractivity contribution >= 4 is 22.5 Å². The van der Waals surface area contributed by atoms with Crippen LogP contribution in [0.2, 0.25) is 5.02 Å². The molecule has 4 nitrogen and oxygen atoms in total. The summed E-state index contributed by atoms with van der Waals surface area (Å²) >= 11 is 6.14. The van der Waals surface area contributed by atoms with Crippen LogP contribution in [0.1, 0.15) is 18.4 Å². The molecule has 0 amide bonds. The SMILES string of the molecule is Cc1ccc(OCCCCn2cnc3ccccc3c2=O)c(Cl)c1. The van der Waals surface area contributed by atoms with E-state index in [0.717, 1.165) is 23.9 Å². The quantitative estimate of drug-likeness (QED) is 0.630. The number of fused-ring (bicyclic) bond motifs is 1. The Morgan fingerprint density at radius 3 is 2.83 bits per heavy atom. The Balaban J connectivity index is 1.53. The van der Waals surface area contributed by atoms with E-state index in [1.54, 1.807) is 10.9 Å². The van der Waals surface area contributed by atoms with Crippen LogP contribution in [-0.2, 0) is 6.54 Å². The lowest BCUT2D eigenvalue weighted by molar-refractivity contribution is 0.303. The predicted molar refractivity (Wildman–Crippen MR) is 96.9 cm³/mol. The summed E-state index contributed by atoms with van der Waals surface area (Å²) in [4.78, 5) is 16.7. The minimum atomic E-state index is 0.00287. The number of unbranched alkanes of at least 4 members (excludes halogenated alkanes) is 1. The van der Waals surface area contributed by atoms with Gasteiger partial charge in [-0.1, -0.05) is 29.8 Å². The Morgan fingerprint density at radius 1 is 1.17 bits per heavy atom. The average Bonchev–Trinajstić information content (AvgIpc) is 2.58. The third kappa shape index (κ3) is 3.77.